The van der Waals surface area contributed by atoms with Gasteiger partial charge in [-0.3, -0.25) is 9.78 Å². The number of hydrogen-bond donors (Lipinski definition) is 0. The molecule has 4 heteroatoms. The summed E-state index contributed by atoms with van der Waals surface area (Å²) < 4.78 is 5.67. The lowest BCUT2D eigenvalue weighted by Crippen LogP contribution is -2.47. The van der Waals surface area contributed by atoms with E-state index in [0.29, 0.717) is 18.2 Å². The zero-order chi connectivity index (χ0) is 16.9. The first-order valence-electron chi connectivity index (χ1n) is 8.46. The number of rotatable bonds is 4. The topological polar surface area (TPSA) is 42.4 Å². The molecule has 1 saturated heterocycles. The Morgan fingerprint density at radius 3 is 2.71 bits per heavy atom. The van der Waals surface area contributed by atoms with Crippen LogP contribution in [-0.2, 0) is 11.2 Å². The molecule has 1 aromatic carbocycles. The van der Waals surface area contributed by atoms with E-state index >= 15 is 0 Å². The van der Waals surface area contributed by atoms with E-state index in [1.165, 1.54) is 5.56 Å². The van der Waals surface area contributed by atoms with Crippen molar-refractivity contribution in [1.82, 2.24) is 9.88 Å². The van der Waals surface area contributed by atoms with Crippen LogP contribution in [0, 0.1) is 12.8 Å². The van der Waals surface area contributed by atoms with Crippen molar-refractivity contribution >= 4 is 5.91 Å². The molecule has 2 aromatic rings. The summed E-state index contributed by atoms with van der Waals surface area (Å²) in [6.07, 6.45) is 3.73. The van der Waals surface area contributed by atoms with Crippen molar-refractivity contribution in [3.63, 3.8) is 0 Å². The lowest BCUT2D eigenvalue weighted by atomic mass is 9.88. The van der Waals surface area contributed by atoms with Gasteiger partial charge in [0, 0.05) is 32.3 Å². The molecule has 1 aromatic heterocycles. The molecule has 4 nitrogen and oxygen atoms in total. The van der Waals surface area contributed by atoms with Gasteiger partial charge in [-0.15, -0.1) is 0 Å². The molecule has 0 spiro atoms. The number of ether oxygens (including phenoxy) is 1. The summed E-state index contributed by atoms with van der Waals surface area (Å²) in [6.45, 7) is 3.40. The monoisotopic (exact) mass is 324 g/mol. The van der Waals surface area contributed by atoms with Crippen LogP contribution in [0.1, 0.15) is 28.0 Å². The second-order valence-corrected chi connectivity index (χ2v) is 6.48. The first kappa shape index (κ1) is 16.7. The zero-order valence-corrected chi connectivity index (χ0v) is 14.3. The standard InChI is InChI=1S/C20H24N2O2/c1-15-8-9-18(21-13-15)20(23)22-11-10-19(24-2)17(14-22)12-16-6-4-3-5-7-16/h3-9,13,17,19H,10-12,14H2,1-2H3/t17-,19+/m1/s1. The number of carbonyl (C=O) groups is 1. The van der Waals surface area contributed by atoms with Crippen molar-refractivity contribution in [2.45, 2.75) is 25.9 Å². The Morgan fingerprint density at radius 1 is 1.25 bits per heavy atom. The fourth-order valence-corrected chi connectivity index (χ4v) is 3.37. The lowest BCUT2D eigenvalue weighted by molar-refractivity contribution is -0.00317. The molecule has 1 fully saturated rings. The second kappa shape index (κ2) is 7.58. The van der Waals surface area contributed by atoms with Gasteiger partial charge < -0.3 is 9.64 Å². The molecule has 126 valence electrons. The first-order valence-corrected chi connectivity index (χ1v) is 8.46. The normalized spacial score (nSPS) is 20.8. The molecule has 0 unspecified atom stereocenters. The zero-order valence-electron chi connectivity index (χ0n) is 14.3. The Kier molecular flexibility index (Phi) is 5.26. The van der Waals surface area contributed by atoms with E-state index in [4.69, 9.17) is 4.74 Å². The molecule has 24 heavy (non-hydrogen) atoms. The fraction of sp³-hybridized carbons (Fsp3) is 0.400. The number of aromatic nitrogens is 1. The number of aryl methyl sites for hydroxylation is 1. The Balaban J connectivity index is 1.72. The fourth-order valence-electron chi connectivity index (χ4n) is 3.37. The van der Waals surface area contributed by atoms with E-state index in [0.717, 1.165) is 24.9 Å². The maximum Gasteiger partial charge on any atom is 0.272 e. The Bertz CT molecular complexity index is 670. The van der Waals surface area contributed by atoms with Crippen LogP contribution in [0.25, 0.3) is 0 Å². The van der Waals surface area contributed by atoms with E-state index < -0.39 is 0 Å². The maximum atomic E-state index is 12.7. The number of pyridine rings is 1. The van der Waals surface area contributed by atoms with Gasteiger partial charge in [-0.2, -0.15) is 0 Å². The highest BCUT2D eigenvalue weighted by Gasteiger charge is 2.32. The predicted octanol–water partition coefficient (Wildman–Crippen LogP) is 3.11. The molecule has 0 radical (unpaired) electrons. The third-order valence-corrected chi connectivity index (χ3v) is 4.73. The number of amides is 1. The average Bonchev–Trinajstić information content (AvgIpc) is 2.62. The minimum Gasteiger partial charge on any atom is -0.381 e. The minimum atomic E-state index is 0.0163. The number of methoxy groups -OCH3 is 1. The number of benzene rings is 1. The average molecular weight is 324 g/mol. The van der Waals surface area contributed by atoms with Crippen molar-refractivity contribution < 1.29 is 9.53 Å². The quantitative estimate of drug-likeness (QED) is 0.868. The van der Waals surface area contributed by atoms with Gasteiger partial charge in [-0.25, -0.2) is 0 Å². The Hall–Kier alpha value is -2.20. The maximum absolute atomic E-state index is 12.7. The summed E-state index contributed by atoms with van der Waals surface area (Å²) in [5, 5.41) is 0. The summed E-state index contributed by atoms with van der Waals surface area (Å²) >= 11 is 0. The van der Waals surface area contributed by atoms with Gasteiger partial charge in [0.25, 0.3) is 5.91 Å². The third-order valence-electron chi connectivity index (χ3n) is 4.73. The molecule has 0 N–H and O–H groups in total. The molecule has 0 bridgehead atoms. The van der Waals surface area contributed by atoms with Crippen LogP contribution >= 0.6 is 0 Å². The highest BCUT2D eigenvalue weighted by molar-refractivity contribution is 5.92. The summed E-state index contributed by atoms with van der Waals surface area (Å²) in [4.78, 5) is 18.9. The summed E-state index contributed by atoms with van der Waals surface area (Å²) in [5.74, 6) is 0.322. The van der Waals surface area contributed by atoms with E-state index in [2.05, 4.69) is 29.2 Å². The van der Waals surface area contributed by atoms with Crippen molar-refractivity contribution in [3.05, 3.63) is 65.5 Å². The molecule has 2 atom stereocenters. The van der Waals surface area contributed by atoms with Gasteiger partial charge in [-0.1, -0.05) is 36.4 Å². The molecule has 0 aliphatic carbocycles. The molecule has 1 aliphatic rings. The van der Waals surface area contributed by atoms with Crippen molar-refractivity contribution in [2.24, 2.45) is 5.92 Å². The number of carbonyl (C=O) groups excluding carboxylic acids is 1. The van der Waals surface area contributed by atoms with Gasteiger partial charge in [0.2, 0.25) is 0 Å². The molecular formula is C20H24N2O2. The number of hydrogen-bond acceptors (Lipinski definition) is 3. The second-order valence-electron chi connectivity index (χ2n) is 6.48. The van der Waals surface area contributed by atoms with E-state index in [-0.39, 0.29) is 12.0 Å². The number of piperidine rings is 1. The van der Waals surface area contributed by atoms with Gasteiger partial charge in [0.15, 0.2) is 0 Å². The van der Waals surface area contributed by atoms with E-state index in [1.54, 1.807) is 13.3 Å². The van der Waals surface area contributed by atoms with Crippen LogP contribution < -0.4 is 0 Å². The van der Waals surface area contributed by atoms with Gasteiger partial charge in [0.05, 0.1) is 6.10 Å². The van der Waals surface area contributed by atoms with Gasteiger partial charge >= 0.3 is 0 Å². The van der Waals surface area contributed by atoms with Crippen molar-refractivity contribution in [1.29, 1.82) is 0 Å². The van der Waals surface area contributed by atoms with Crippen molar-refractivity contribution in [3.8, 4) is 0 Å². The van der Waals surface area contributed by atoms with Crippen LogP contribution in [0.2, 0.25) is 0 Å². The predicted molar refractivity (Wildman–Crippen MR) is 93.9 cm³/mol. The Morgan fingerprint density at radius 2 is 2.04 bits per heavy atom. The highest BCUT2D eigenvalue weighted by atomic mass is 16.5. The molecule has 3 rings (SSSR count). The van der Waals surface area contributed by atoms with E-state index in [1.807, 2.05) is 30.0 Å². The van der Waals surface area contributed by atoms with Crippen LogP contribution in [0.5, 0.6) is 0 Å². The SMILES string of the molecule is CO[C@H]1CCN(C(=O)c2ccc(C)cn2)C[C@H]1Cc1ccccc1. The Labute approximate surface area is 143 Å². The summed E-state index contributed by atoms with van der Waals surface area (Å²) in [6, 6.07) is 14.1. The molecule has 0 saturated carbocycles. The van der Waals surface area contributed by atoms with Crippen LogP contribution in [-0.4, -0.2) is 42.1 Å². The van der Waals surface area contributed by atoms with E-state index in [9.17, 15) is 4.79 Å². The van der Waals surface area contributed by atoms with Crippen LogP contribution in [0.3, 0.4) is 0 Å². The third kappa shape index (κ3) is 3.82. The minimum absolute atomic E-state index is 0.0163. The number of likely N-dealkylation sites (tertiary alicyclic amines) is 1. The summed E-state index contributed by atoms with van der Waals surface area (Å²) in [7, 11) is 1.77. The van der Waals surface area contributed by atoms with Crippen LogP contribution in [0.4, 0.5) is 0 Å². The smallest absolute Gasteiger partial charge is 0.272 e. The van der Waals surface area contributed by atoms with Gasteiger partial charge in [-0.05, 0) is 37.0 Å². The van der Waals surface area contributed by atoms with Crippen molar-refractivity contribution in [2.75, 3.05) is 20.2 Å². The molecule has 1 aliphatic heterocycles. The molecule has 2 heterocycles. The first-order chi connectivity index (χ1) is 11.7. The van der Waals surface area contributed by atoms with Crippen LogP contribution in [0.15, 0.2) is 48.7 Å². The highest BCUT2D eigenvalue weighted by Crippen LogP contribution is 2.24. The molecule has 1 amide bonds. The number of nitrogens with zero attached hydrogens (tertiary/aromatic N) is 2. The van der Waals surface area contributed by atoms with Gasteiger partial charge in [0.1, 0.15) is 5.69 Å². The lowest BCUT2D eigenvalue weighted by Gasteiger charge is -2.38. The largest absolute Gasteiger partial charge is 0.381 e. The molecular weight excluding hydrogens is 300 g/mol. The summed E-state index contributed by atoms with van der Waals surface area (Å²) in [5.41, 5.74) is 2.87.